The summed E-state index contributed by atoms with van der Waals surface area (Å²) in [6.45, 7) is 0. The van der Waals surface area contributed by atoms with Gasteiger partial charge in [-0.2, -0.15) is 0 Å². The van der Waals surface area contributed by atoms with Gasteiger partial charge in [-0.25, -0.2) is 4.39 Å². The fraction of sp³-hybridized carbons (Fsp3) is 0.176. The molecule has 100 valence electrons. The lowest BCUT2D eigenvalue weighted by atomic mass is 9.89. The van der Waals surface area contributed by atoms with Gasteiger partial charge in [0.1, 0.15) is 5.82 Å². The van der Waals surface area contributed by atoms with Gasteiger partial charge in [-0.15, -0.1) is 0 Å². The first-order valence-corrected chi connectivity index (χ1v) is 6.68. The Hall–Kier alpha value is -2.29. The number of aromatic nitrogens is 1. The van der Waals surface area contributed by atoms with Crippen LogP contribution in [-0.2, 0) is 6.42 Å². The van der Waals surface area contributed by atoms with Gasteiger partial charge in [-0.05, 0) is 41.7 Å². The van der Waals surface area contributed by atoms with E-state index in [-0.39, 0.29) is 11.6 Å². The van der Waals surface area contributed by atoms with Gasteiger partial charge in [0.25, 0.3) is 0 Å². The fourth-order valence-corrected chi connectivity index (χ4v) is 2.52. The molecule has 0 bridgehead atoms. The predicted octanol–water partition coefficient (Wildman–Crippen LogP) is 3.91. The molecule has 0 unspecified atom stereocenters. The van der Waals surface area contributed by atoms with Crippen molar-refractivity contribution in [3.05, 3.63) is 64.7 Å². The molecule has 3 heteroatoms. The zero-order valence-electron chi connectivity index (χ0n) is 11.0. The van der Waals surface area contributed by atoms with Crippen LogP contribution in [0.1, 0.15) is 39.9 Å². The molecule has 1 aliphatic carbocycles. The zero-order chi connectivity index (χ0) is 13.9. The number of hydrogen-bond acceptors (Lipinski definition) is 2. The van der Waals surface area contributed by atoms with E-state index < -0.39 is 0 Å². The molecule has 20 heavy (non-hydrogen) atoms. The number of rotatable bonds is 2. The Labute approximate surface area is 117 Å². The van der Waals surface area contributed by atoms with E-state index in [1.165, 1.54) is 12.1 Å². The first-order chi connectivity index (χ1) is 9.74. The lowest BCUT2D eigenvalue weighted by Crippen LogP contribution is -2.12. The number of fused-ring (bicyclic) bond motifs is 1. The molecule has 2 aromatic rings. The third kappa shape index (κ3) is 2.52. The van der Waals surface area contributed by atoms with Gasteiger partial charge in [0, 0.05) is 24.4 Å². The summed E-state index contributed by atoms with van der Waals surface area (Å²) < 4.78 is 13.1. The average molecular weight is 267 g/mol. The molecule has 0 N–H and O–H groups in total. The Morgan fingerprint density at radius 2 is 2.05 bits per heavy atom. The van der Waals surface area contributed by atoms with Crippen molar-refractivity contribution in [1.29, 1.82) is 0 Å². The first-order valence-electron chi connectivity index (χ1n) is 6.68. The number of ketones is 1. The summed E-state index contributed by atoms with van der Waals surface area (Å²) in [4.78, 5) is 16.0. The van der Waals surface area contributed by atoms with Gasteiger partial charge in [0.15, 0.2) is 5.78 Å². The second kappa shape index (κ2) is 5.37. The van der Waals surface area contributed by atoms with Gasteiger partial charge < -0.3 is 0 Å². The van der Waals surface area contributed by atoms with Crippen LogP contribution in [0.15, 0.2) is 36.7 Å². The number of Topliss-reactive ketones (excluding diaryl/α,β-unsaturated/α-hetero) is 1. The smallest absolute Gasteiger partial charge is 0.164 e. The molecule has 0 fully saturated rings. The van der Waals surface area contributed by atoms with Crippen LogP contribution in [0.5, 0.6) is 0 Å². The van der Waals surface area contributed by atoms with Crippen LogP contribution in [0.3, 0.4) is 0 Å². The van der Waals surface area contributed by atoms with E-state index in [1.54, 1.807) is 18.5 Å². The number of benzene rings is 1. The van der Waals surface area contributed by atoms with Crippen LogP contribution >= 0.6 is 0 Å². The number of carbonyl (C=O) groups is 1. The van der Waals surface area contributed by atoms with Crippen molar-refractivity contribution in [3.63, 3.8) is 0 Å². The molecule has 3 rings (SSSR count). The van der Waals surface area contributed by atoms with Crippen LogP contribution < -0.4 is 0 Å². The maximum Gasteiger partial charge on any atom is 0.164 e. The number of nitrogens with zero attached hydrogens (tertiary/aromatic N) is 1. The summed E-state index contributed by atoms with van der Waals surface area (Å²) in [6, 6.07) is 6.41. The Bertz CT molecular complexity index is 691. The summed E-state index contributed by atoms with van der Waals surface area (Å²) in [5, 5.41) is 0. The number of carbonyl (C=O) groups excluding carboxylic acids is 1. The normalized spacial score (nSPS) is 14.6. The molecular weight excluding hydrogens is 253 g/mol. The molecule has 1 aliphatic rings. The SMILES string of the molecule is O=C1CCCc2c(/C=C/c3cccc(F)c3)cncc21. The molecule has 1 aromatic heterocycles. The molecule has 0 atom stereocenters. The molecule has 0 aliphatic heterocycles. The molecule has 0 spiro atoms. The van der Waals surface area contributed by atoms with Crippen molar-refractivity contribution < 1.29 is 9.18 Å². The van der Waals surface area contributed by atoms with Gasteiger partial charge in [0.05, 0.1) is 0 Å². The summed E-state index contributed by atoms with van der Waals surface area (Å²) >= 11 is 0. The van der Waals surface area contributed by atoms with Crippen LogP contribution in [0.2, 0.25) is 0 Å². The summed E-state index contributed by atoms with van der Waals surface area (Å²) in [7, 11) is 0. The molecule has 0 saturated carbocycles. The van der Waals surface area contributed by atoms with Gasteiger partial charge in [0.2, 0.25) is 0 Å². The maximum absolute atomic E-state index is 13.1. The minimum Gasteiger partial charge on any atom is -0.294 e. The highest BCUT2D eigenvalue weighted by Gasteiger charge is 2.18. The van der Waals surface area contributed by atoms with E-state index in [2.05, 4.69) is 4.98 Å². The Kier molecular flexibility index (Phi) is 3.42. The van der Waals surface area contributed by atoms with Crippen LogP contribution in [0.4, 0.5) is 4.39 Å². The number of halogens is 1. The third-order valence-corrected chi connectivity index (χ3v) is 3.53. The van der Waals surface area contributed by atoms with Gasteiger partial charge >= 0.3 is 0 Å². The second-order valence-electron chi connectivity index (χ2n) is 4.92. The van der Waals surface area contributed by atoms with E-state index in [0.717, 1.165) is 35.1 Å². The average Bonchev–Trinajstić information content (AvgIpc) is 2.46. The largest absolute Gasteiger partial charge is 0.294 e. The Balaban J connectivity index is 1.95. The predicted molar refractivity (Wildman–Crippen MR) is 76.8 cm³/mol. The molecule has 0 amide bonds. The van der Waals surface area contributed by atoms with E-state index in [0.29, 0.717) is 6.42 Å². The highest BCUT2D eigenvalue weighted by molar-refractivity contribution is 5.99. The molecule has 0 saturated heterocycles. The minimum atomic E-state index is -0.254. The standard InChI is InChI=1S/C17H14FNO/c18-14-4-1-3-12(9-14)7-8-13-10-19-11-16-15(13)5-2-6-17(16)20/h1,3-4,7-11H,2,5-6H2/b8-7+. The van der Waals surface area contributed by atoms with E-state index in [9.17, 15) is 9.18 Å². The van der Waals surface area contributed by atoms with E-state index in [1.807, 2.05) is 18.2 Å². The molecule has 1 heterocycles. The van der Waals surface area contributed by atoms with Crippen LogP contribution in [0, 0.1) is 5.82 Å². The van der Waals surface area contributed by atoms with E-state index in [4.69, 9.17) is 0 Å². The summed E-state index contributed by atoms with van der Waals surface area (Å²) in [5.74, 6) is -0.0877. The van der Waals surface area contributed by atoms with Gasteiger partial charge in [-0.3, -0.25) is 9.78 Å². The highest BCUT2D eigenvalue weighted by atomic mass is 19.1. The van der Waals surface area contributed by atoms with Crippen LogP contribution in [-0.4, -0.2) is 10.8 Å². The monoisotopic (exact) mass is 267 g/mol. The van der Waals surface area contributed by atoms with Crippen molar-refractivity contribution in [2.24, 2.45) is 0 Å². The van der Waals surface area contributed by atoms with Crippen molar-refractivity contribution in [3.8, 4) is 0 Å². The molecule has 0 radical (unpaired) electrons. The lowest BCUT2D eigenvalue weighted by molar-refractivity contribution is 0.0972. The molecule has 1 aromatic carbocycles. The molecular formula is C17H14FNO. The quantitative estimate of drug-likeness (QED) is 0.825. The topological polar surface area (TPSA) is 30.0 Å². The first kappa shape index (κ1) is 12.7. The highest BCUT2D eigenvalue weighted by Crippen LogP contribution is 2.24. The van der Waals surface area contributed by atoms with E-state index >= 15 is 0 Å². The third-order valence-electron chi connectivity index (χ3n) is 3.53. The van der Waals surface area contributed by atoms with Crippen molar-refractivity contribution in [2.45, 2.75) is 19.3 Å². The van der Waals surface area contributed by atoms with Crippen molar-refractivity contribution in [1.82, 2.24) is 4.98 Å². The van der Waals surface area contributed by atoms with Crippen molar-refractivity contribution >= 4 is 17.9 Å². The van der Waals surface area contributed by atoms with Crippen molar-refractivity contribution in [2.75, 3.05) is 0 Å². The number of pyridine rings is 1. The number of hydrogen-bond donors (Lipinski definition) is 0. The fourth-order valence-electron chi connectivity index (χ4n) is 2.52. The summed E-state index contributed by atoms with van der Waals surface area (Å²) in [5.41, 5.74) is 3.53. The minimum absolute atomic E-state index is 0.166. The maximum atomic E-state index is 13.1. The van der Waals surface area contributed by atoms with Crippen LogP contribution in [0.25, 0.3) is 12.2 Å². The summed E-state index contributed by atoms with van der Waals surface area (Å²) in [6.07, 6.45) is 9.54. The lowest BCUT2D eigenvalue weighted by Gasteiger charge is -2.16. The Morgan fingerprint density at radius 3 is 2.90 bits per heavy atom. The second-order valence-corrected chi connectivity index (χ2v) is 4.92. The molecule has 2 nitrogen and oxygen atoms in total. The zero-order valence-corrected chi connectivity index (χ0v) is 11.0. The Morgan fingerprint density at radius 1 is 1.15 bits per heavy atom. The van der Waals surface area contributed by atoms with Gasteiger partial charge in [-0.1, -0.05) is 24.3 Å².